The predicted molar refractivity (Wildman–Crippen MR) is 99.3 cm³/mol. The Hall–Kier alpha value is -4.19. The molecule has 0 heterocycles. The summed E-state index contributed by atoms with van der Waals surface area (Å²) in [7, 11) is 1.49. The number of nitrogens with one attached hydrogen (secondary N) is 1. The van der Waals surface area contributed by atoms with Crippen molar-refractivity contribution in [3.63, 3.8) is 0 Å². The Kier molecular flexibility index (Phi) is 6.82. The fourth-order valence-electron chi connectivity index (χ4n) is 2.11. The van der Waals surface area contributed by atoms with Gasteiger partial charge >= 0.3 is 5.97 Å². The number of ether oxygens (including phenoxy) is 2. The SMILES string of the molecule is COc1cccc(/C=C(\C#N)C(=O)OCC(=O)Nc2ccc([N+](=O)[O-])cc2)c1. The first-order chi connectivity index (χ1) is 13.4. The largest absolute Gasteiger partial charge is 0.497 e. The van der Waals surface area contributed by atoms with E-state index >= 15 is 0 Å². The minimum absolute atomic E-state index is 0.120. The van der Waals surface area contributed by atoms with E-state index in [1.807, 2.05) is 0 Å². The number of hydrogen-bond donors (Lipinski definition) is 1. The molecule has 28 heavy (non-hydrogen) atoms. The van der Waals surface area contributed by atoms with E-state index in [4.69, 9.17) is 14.7 Å². The lowest BCUT2D eigenvalue weighted by molar-refractivity contribution is -0.384. The number of amides is 1. The molecule has 142 valence electrons. The van der Waals surface area contributed by atoms with Gasteiger partial charge in [-0.05, 0) is 35.9 Å². The number of nitriles is 1. The standard InChI is InChI=1S/C19H15N3O6/c1-27-17-4-2-3-13(10-17)9-14(11-20)19(24)28-12-18(23)21-15-5-7-16(8-6-15)22(25)26/h2-10H,12H2,1H3,(H,21,23)/b14-9+. The van der Waals surface area contributed by atoms with Crippen LogP contribution < -0.4 is 10.1 Å². The van der Waals surface area contributed by atoms with Crippen molar-refractivity contribution in [1.82, 2.24) is 0 Å². The van der Waals surface area contributed by atoms with Crippen molar-refractivity contribution < 1.29 is 24.0 Å². The molecule has 1 amide bonds. The summed E-state index contributed by atoms with van der Waals surface area (Å²) in [6, 6.07) is 13.6. The normalized spacial score (nSPS) is 10.5. The average molecular weight is 381 g/mol. The van der Waals surface area contributed by atoms with Crippen LogP contribution in [0.1, 0.15) is 5.56 Å². The number of rotatable bonds is 7. The van der Waals surface area contributed by atoms with Gasteiger partial charge in [0.15, 0.2) is 6.61 Å². The van der Waals surface area contributed by atoms with Gasteiger partial charge in [0, 0.05) is 17.8 Å². The van der Waals surface area contributed by atoms with Gasteiger partial charge in [-0.2, -0.15) is 5.26 Å². The third-order valence-electron chi connectivity index (χ3n) is 3.44. The van der Waals surface area contributed by atoms with E-state index in [9.17, 15) is 19.7 Å². The van der Waals surface area contributed by atoms with Crippen LogP contribution in [0.2, 0.25) is 0 Å². The summed E-state index contributed by atoms with van der Waals surface area (Å²) >= 11 is 0. The lowest BCUT2D eigenvalue weighted by Gasteiger charge is -2.06. The van der Waals surface area contributed by atoms with Crippen LogP contribution in [0.25, 0.3) is 6.08 Å². The molecule has 0 unspecified atom stereocenters. The molecule has 0 saturated heterocycles. The Morgan fingerprint density at radius 2 is 1.96 bits per heavy atom. The van der Waals surface area contributed by atoms with Gasteiger partial charge in [0.05, 0.1) is 12.0 Å². The summed E-state index contributed by atoms with van der Waals surface area (Å²) in [5, 5.41) is 22.2. The molecule has 2 aromatic carbocycles. The van der Waals surface area contributed by atoms with Crippen LogP contribution in [0.3, 0.4) is 0 Å². The van der Waals surface area contributed by atoms with E-state index < -0.39 is 23.4 Å². The monoisotopic (exact) mass is 381 g/mol. The summed E-state index contributed by atoms with van der Waals surface area (Å²) in [4.78, 5) is 33.9. The number of methoxy groups -OCH3 is 1. The van der Waals surface area contributed by atoms with E-state index in [1.165, 1.54) is 37.5 Å². The zero-order valence-electron chi connectivity index (χ0n) is 14.7. The van der Waals surface area contributed by atoms with Crippen molar-refractivity contribution >= 4 is 29.3 Å². The maximum atomic E-state index is 12.0. The van der Waals surface area contributed by atoms with E-state index in [-0.39, 0.29) is 11.3 Å². The van der Waals surface area contributed by atoms with E-state index in [1.54, 1.807) is 30.3 Å². The summed E-state index contributed by atoms with van der Waals surface area (Å²) in [5.41, 5.74) is 0.462. The van der Waals surface area contributed by atoms with Gasteiger partial charge in [0.25, 0.3) is 11.6 Å². The van der Waals surface area contributed by atoms with Crippen molar-refractivity contribution in [1.29, 1.82) is 5.26 Å². The molecular weight excluding hydrogens is 366 g/mol. The molecule has 0 bridgehead atoms. The topological polar surface area (TPSA) is 132 Å². The number of nitro benzene ring substituents is 1. The van der Waals surface area contributed by atoms with Crippen LogP contribution in [0.15, 0.2) is 54.1 Å². The fraction of sp³-hybridized carbons (Fsp3) is 0.105. The Morgan fingerprint density at radius 3 is 2.57 bits per heavy atom. The quantitative estimate of drug-likeness (QED) is 0.256. The third-order valence-corrected chi connectivity index (χ3v) is 3.44. The van der Waals surface area contributed by atoms with Crippen molar-refractivity contribution in [3.05, 3.63) is 69.8 Å². The maximum absolute atomic E-state index is 12.0. The number of benzene rings is 2. The summed E-state index contributed by atoms with van der Waals surface area (Å²) < 4.78 is 9.91. The van der Waals surface area contributed by atoms with Crippen molar-refractivity contribution in [2.45, 2.75) is 0 Å². The van der Waals surface area contributed by atoms with E-state index in [0.717, 1.165) is 0 Å². The molecule has 0 fully saturated rings. The molecule has 9 nitrogen and oxygen atoms in total. The number of nitrogens with zero attached hydrogens (tertiary/aromatic N) is 2. The molecule has 0 aliphatic rings. The second kappa shape index (κ2) is 9.49. The number of esters is 1. The van der Waals surface area contributed by atoms with Gasteiger partial charge in [0.1, 0.15) is 17.4 Å². The first-order valence-electron chi connectivity index (χ1n) is 7.90. The maximum Gasteiger partial charge on any atom is 0.349 e. The number of carbonyl (C=O) groups excluding carboxylic acids is 2. The molecule has 0 aromatic heterocycles. The summed E-state index contributed by atoms with van der Waals surface area (Å²) in [5.74, 6) is -1.05. The van der Waals surface area contributed by atoms with Crippen LogP contribution in [-0.4, -0.2) is 30.5 Å². The minimum atomic E-state index is -0.954. The highest BCUT2D eigenvalue weighted by Crippen LogP contribution is 2.16. The highest BCUT2D eigenvalue weighted by atomic mass is 16.6. The predicted octanol–water partition coefficient (Wildman–Crippen LogP) is 2.69. The Labute approximate surface area is 159 Å². The van der Waals surface area contributed by atoms with Crippen LogP contribution >= 0.6 is 0 Å². The van der Waals surface area contributed by atoms with Crippen molar-refractivity contribution in [3.8, 4) is 11.8 Å². The number of non-ortho nitro benzene ring substituents is 1. The molecule has 0 aliphatic carbocycles. The fourth-order valence-corrected chi connectivity index (χ4v) is 2.11. The second-order valence-electron chi connectivity index (χ2n) is 5.37. The number of anilines is 1. The Morgan fingerprint density at radius 1 is 1.25 bits per heavy atom. The van der Waals surface area contributed by atoms with Gasteiger partial charge < -0.3 is 14.8 Å². The molecule has 1 N–H and O–H groups in total. The minimum Gasteiger partial charge on any atom is -0.497 e. The first kappa shape index (κ1) is 20.1. The number of hydrogen-bond acceptors (Lipinski definition) is 7. The van der Waals surface area contributed by atoms with Crippen molar-refractivity contribution in [2.75, 3.05) is 19.0 Å². The third kappa shape index (κ3) is 5.67. The average Bonchev–Trinajstić information content (AvgIpc) is 2.70. The van der Waals surface area contributed by atoms with E-state index in [2.05, 4.69) is 5.32 Å². The highest BCUT2D eigenvalue weighted by Gasteiger charge is 2.14. The van der Waals surface area contributed by atoms with Gasteiger partial charge in [-0.25, -0.2) is 4.79 Å². The lowest BCUT2D eigenvalue weighted by atomic mass is 10.1. The molecule has 9 heteroatoms. The molecule has 0 atom stereocenters. The molecule has 0 saturated carbocycles. The molecule has 0 aliphatic heterocycles. The Balaban J connectivity index is 1.95. The van der Waals surface area contributed by atoms with Gasteiger partial charge in [-0.15, -0.1) is 0 Å². The molecule has 0 radical (unpaired) electrons. The van der Waals surface area contributed by atoms with Gasteiger partial charge in [-0.1, -0.05) is 12.1 Å². The van der Waals surface area contributed by atoms with Crippen LogP contribution in [-0.2, 0) is 14.3 Å². The van der Waals surface area contributed by atoms with Gasteiger partial charge in [-0.3, -0.25) is 14.9 Å². The first-order valence-corrected chi connectivity index (χ1v) is 7.90. The number of nitro groups is 1. The van der Waals surface area contributed by atoms with Crippen LogP contribution in [0.4, 0.5) is 11.4 Å². The van der Waals surface area contributed by atoms with Crippen LogP contribution in [0.5, 0.6) is 5.75 Å². The smallest absolute Gasteiger partial charge is 0.349 e. The van der Waals surface area contributed by atoms with E-state index in [0.29, 0.717) is 17.0 Å². The Bertz CT molecular complexity index is 960. The van der Waals surface area contributed by atoms with Crippen LogP contribution in [0, 0.1) is 21.4 Å². The summed E-state index contributed by atoms with van der Waals surface area (Å²) in [6.45, 7) is -0.618. The number of carbonyl (C=O) groups is 2. The molecule has 2 rings (SSSR count). The molecule has 2 aromatic rings. The zero-order valence-corrected chi connectivity index (χ0v) is 14.7. The molecule has 0 spiro atoms. The summed E-state index contributed by atoms with van der Waals surface area (Å²) in [6.07, 6.45) is 1.32. The lowest BCUT2D eigenvalue weighted by Crippen LogP contribution is -2.21. The zero-order chi connectivity index (χ0) is 20.5. The molecular formula is C19H15N3O6. The van der Waals surface area contributed by atoms with Crippen molar-refractivity contribution in [2.24, 2.45) is 0 Å². The second-order valence-corrected chi connectivity index (χ2v) is 5.37. The highest BCUT2D eigenvalue weighted by molar-refractivity contribution is 6.00. The van der Waals surface area contributed by atoms with Gasteiger partial charge in [0.2, 0.25) is 0 Å².